The predicted molar refractivity (Wildman–Crippen MR) is 127 cm³/mol. The Kier molecular flexibility index (Phi) is 5.07. The molecule has 5 heterocycles. The van der Waals surface area contributed by atoms with E-state index in [2.05, 4.69) is 35.7 Å². The number of nitrogens with one attached hydrogen (secondary N) is 1. The Labute approximate surface area is 208 Å². The molecule has 0 aromatic carbocycles. The SMILES string of the molecule is CCn1cc([C@]2(C)C[C@@H](C(=O)Nc3cnc(-n4nccn4)c(Cl)c3)c3cnc4cc(F)nn4c32)cn1. The summed E-state index contributed by atoms with van der Waals surface area (Å²) in [6.07, 6.45) is 10.3. The predicted octanol–water partition coefficient (Wildman–Crippen LogP) is 3.15. The van der Waals surface area contributed by atoms with Gasteiger partial charge in [0.2, 0.25) is 11.9 Å². The van der Waals surface area contributed by atoms with Gasteiger partial charge in [0, 0.05) is 41.5 Å². The molecule has 182 valence electrons. The number of aryl methyl sites for hydroxylation is 1. The topological polar surface area (TPSA) is 121 Å². The normalized spacial score (nSPS) is 19.1. The maximum absolute atomic E-state index is 14.1. The van der Waals surface area contributed by atoms with Crippen molar-refractivity contribution >= 4 is 28.8 Å². The molecule has 2 atom stereocenters. The molecule has 0 aliphatic heterocycles. The molecule has 6 rings (SSSR count). The lowest BCUT2D eigenvalue weighted by molar-refractivity contribution is -0.117. The van der Waals surface area contributed by atoms with E-state index in [1.54, 1.807) is 18.5 Å². The summed E-state index contributed by atoms with van der Waals surface area (Å²) in [5.74, 6) is -1.13. The molecule has 0 bridgehead atoms. The quantitative estimate of drug-likeness (QED) is 0.388. The minimum atomic E-state index is -0.657. The lowest BCUT2D eigenvalue weighted by Crippen LogP contribution is -2.25. The highest BCUT2D eigenvalue weighted by atomic mass is 35.5. The molecular weight excluding hydrogens is 487 g/mol. The van der Waals surface area contributed by atoms with Crippen molar-refractivity contribution in [3.8, 4) is 5.82 Å². The third kappa shape index (κ3) is 3.44. The molecule has 1 N–H and O–H groups in total. The summed E-state index contributed by atoms with van der Waals surface area (Å²) >= 11 is 6.37. The average Bonchev–Trinajstić information content (AvgIpc) is 3.64. The van der Waals surface area contributed by atoms with Gasteiger partial charge in [-0.1, -0.05) is 11.6 Å². The van der Waals surface area contributed by atoms with Crippen LogP contribution >= 0.6 is 11.6 Å². The van der Waals surface area contributed by atoms with E-state index in [-0.39, 0.29) is 10.9 Å². The highest BCUT2D eigenvalue weighted by molar-refractivity contribution is 6.32. The molecule has 11 nitrogen and oxygen atoms in total. The second-order valence-corrected chi connectivity index (χ2v) is 9.22. The first-order valence-corrected chi connectivity index (χ1v) is 11.7. The summed E-state index contributed by atoms with van der Waals surface area (Å²) in [7, 11) is 0. The molecule has 0 saturated heterocycles. The van der Waals surface area contributed by atoms with Crippen LogP contribution in [0.2, 0.25) is 5.02 Å². The Hall–Kier alpha value is -4.19. The molecule has 5 aromatic rings. The highest BCUT2D eigenvalue weighted by Crippen LogP contribution is 2.49. The standard InChI is InChI=1S/C23H20ClFN10O/c1-3-33-12-13(9-30-33)23(2)8-15(16-11-26-19-7-18(25)32-34(19)20(16)23)22(36)31-14-6-17(24)21(27-10-14)35-28-4-5-29-35/h4-7,9-12,15H,3,8H2,1-2H3,(H,31,36)/t15-,23+/m1/s1. The molecule has 1 amide bonds. The number of anilines is 1. The number of hydrogen-bond acceptors (Lipinski definition) is 7. The molecule has 0 fully saturated rings. The number of pyridine rings is 1. The lowest BCUT2D eigenvalue weighted by atomic mass is 9.80. The van der Waals surface area contributed by atoms with Crippen LogP contribution in [0.25, 0.3) is 11.5 Å². The summed E-state index contributed by atoms with van der Waals surface area (Å²) in [4.78, 5) is 23.5. The number of aromatic nitrogens is 9. The van der Waals surface area contributed by atoms with Gasteiger partial charge in [-0.3, -0.25) is 9.48 Å². The lowest BCUT2D eigenvalue weighted by Gasteiger charge is -2.24. The fourth-order valence-corrected chi connectivity index (χ4v) is 5.09. The molecule has 1 aliphatic rings. The van der Waals surface area contributed by atoms with E-state index in [0.717, 1.165) is 5.56 Å². The van der Waals surface area contributed by atoms with Gasteiger partial charge in [0.25, 0.3) is 0 Å². The Bertz CT molecular complexity index is 1610. The molecule has 1 aliphatic carbocycles. The van der Waals surface area contributed by atoms with Gasteiger partial charge in [0.15, 0.2) is 11.5 Å². The zero-order valence-corrected chi connectivity index (χ0v) is 20.1. The number of nitrogens with zero attached hydrogens (tertiary/aromatic N) is 9. The van der Waals surface area contributed by atoms with E-state index in [1.165, 1.54) is 34.0 Å². The summed E-state index contributed by atoms with van der Waals surface area (Å²) in [6.45, 7) is 4.71. The van der Waals surface area contributed by atoms with Crippen molar-refractivity contribution in [2.24, 2.45) is 0 Å². The number of halogens is 2. The van der Waals surface area contributed by atoms with E-state index in [4.69, 9.17) is 11.6 Å². The molecule has 0 spiro atoms. The van der Waals surface area contributed by atoms with Gasteiger partial charge in [-0.2, -0.15) is 19.7 Å². The maximum Gasteiger partial charge on any atom is 0.235 e. The van der Waals surface area contributed by atoms with Crippen molar-refractivity contribution in [2.75, 3.05) is 5.32 Å². The molecule has 0 saturated carbocycles. The van der Waals surface area contributed by atoms with E-state index < -0.39 is 17.3 Å². The molecule has 0 unspecified atom stereocenters. The summed E-state index contributed by atoms with van der Waals surface area (Å²) < 4.78 is 17.4. The number of fused-ring (bicyclic) bond motifs is 3. The number of rotatable bonds is 5. The van der Waals surface area contributed by atoms with Gasteiger partial charge < -0.3 is 5.32 Å². The first kappa shape index (κ1) is 22.3. The van der Waals surface area contributed by atoms with Crippen molar-refractivity contribution < 1.29 is 9.18 Å². The van der Waals surface area contributed by atoms with Crippen molar-refractivity contribution in [2.45, 2.75) is 38.1 Å². The number of hydrogen-bond donors (Lipinski definition) is 1. The van der Waals surface area contributed by atoms with Crippen LogP contribution in [0, 0.1) is 5.95 Å². The Balaban J connectivity index is 1.38. The van der Waals surface area contributed by atoms with E-state index in [1.807, 2.05) is 24.7 Å². The van der Waals surface area contributed by atoms with Crippen molar-refractivity contribution in [1.82, 2.24) is 44.4 Å². The number of carbonyl (C=O) groups is 1. The van der Waals surface area contributed by atoms with Crippen LogP contribution in [0.5, 0.6) is 0 Å². The van der Waals surface area contributed by atoms with E-state index in [9.17, 15) is 9.18 Å². The fraction of sp³-hybridized carbons (Fsp3) is 0.261. The Morgan fingerprint density at radius 2 is 2.00 bits per heavy atom. The van der Waals surface area contributed by atoms with E-state index in [0.29, 0.717) is 41.4 Å². The van der Waals surface area contributed by atoms with Gasteiger partial charge in [0.1, 0.15) is 0 Å². The molecule has 5 aromatic heterocycles. The smallest absolute Gasteiger partial charge is 0.235 e. The average molecular weight is 507 g/mol. The first-order chi connectivity index (χ1) is 17.4. The largest absolute Gasteiger partial charge is 0.324 e. The second kappa shape index (κ2) is 8.19. The highest BCUT2D eigenvalue weighted by Gasteiger charge is 2.47. The van der Waals surface area contributed by atoms with Crippen LogP contribution in [-0.2, 0) is 16.8 Å². The third-order valence-corrected chi connectivity index (χ3v) is 6.88. The summed E-state index contributed by atoms with van der Waals surface area (Å²) in [5, 5.41) is 19.7. The molecular formula is C23H20ClFN10O. The Morgan fingerprint density at radius 1 is 1.19 bits per heavy atom. The zero-order chi connectivity index (χ0) is 25.0. The van der Waals surface area contributed by atoms with Crippen LogP contribution in [0.4, 0.5) is 10.1 Å². The second-order valence-electron chi connectivity index (χ2n) is 8.81. The monoisotopic (exact) mass is 506 g/mol. The van der Waals surface area contributed by atoms with Gasteiger partial charge in [-0.25, -0.2) is 14.5 Å². The summed E-state index contributed by atoms with van der Waals surface area (Å²) in [6, 6.07) is 2.86. The van der Waals surface area contributed by atoms with Crippen LogP contribution in [0.3, 0.4) is 0 Å². The fourth-order valence-electron chi connectivity index (χ4n) is 4.85. The van der Waals surface area contributed by atoms with Gasteiger partial charge in [-0.05, 0) is 26.3 Å². The minimum absolute atomic E-state index is 0.264. The number of carbonyl (C=O) groups excluding carboxylic acids is 1. The maximum atomic E-state index is 14.1. The molecule has 13 heteroatoms. The van der Waals surface area contributed by atoms with Crippen LogP contribution in [0.15, 0.2) is 49.3 Å². The number of amides is 1. The van der Waals surface area contributed by atoms with Crippen LogP contribution in [-0.4, -0.2) is 50.3 Å². The summed E-state index contributed by atoms with van der Waals surface area (Å²) in [5.41, 5.74) is 2.43. The zero-order valence-electron chi connectivity index (χ0n) is 19.3. The van der Waals surface area contributed by atoms with Crippen LogP contribution in [0.1, 0.15) is 43.0 Å². The van der Waals surface area contributed by atoms with Gasteiger partial charge in [-0.15, -0.1) is 9.90 Å². The molecule has 0 radical (unpaired) electrons. The third-order valence-electron chi connectivity index (χ3n) is 6.60. The Morgan fingerprint density at radius 3 is 2.72 bits per heavy atom. The van der Waals surface area contributed by atoms with Crippen molar-refractivity contribution in [1.29, 1.82) is 0 Å². The van der Waals surface area contributed by atoms with Gasteiger partial charge >= 0.3 is 0 Å². The van der Waals surface area contributed by atoms with Crippen molar-refractivity contribution in [3.05, 3.63) is 77.1 Å². The molecule has 36 heavy (non-hydrogen) atoms. The van der Waals surface area contributed by atoms with E-state index >= 15 is 0 Å². The van der Waals surface area contributed by atoms with Crippen LogP contribution < -0.4 is 5.32 Å². The van der Waals surface area contributed by atoms with Gasteiger partial charge in [0.05, 0.1) is 47.1 Å². The first-order valence-electron chi connectivity index (χ1n) is 11.3. The van der Waals surface area contributed by atoms with Crippen molar-refractivity contribution in [3.63, 3.8) is 0 Å². The minimum Gasteiger partial charge on any atom is -0.324 e.